The summed E-state index contributed by atoms with van der Waals surface area (Å²) in [5, 5.41) is 34.5. The Labute approximate surface area is 528 Å². The number of hydrogen-bond donors (Lipinski definition) is 3. The number of phenolic OH excluding ortho intramolecular Hbond substituents is 3. The first-order chi connectivity index (χ1) is 40.4. The Bertz CT molecular complexity index is 3150. The van der Waals surface area contributed by atoms with Gasteiger partial charge in [-0.2, -0.15) is 0 Å². The number of ether oxygens (including phenoxy) is 3. The van der Waals surface area contributed by atoms with Crippen molar-refractivity contribution in [3.05, 3.63) is 174 Å². The summed E-state index contributed by atoms with van der Waals surface area (Å²) in [6.07, 6.45) is -0.280. The molecule has 0 fully saturated rings. The summed E-state index contributed by atoms with van der Waals surface area (Å²) in [5.74, 6) is -0.742. The Morgan fingerprint density at radius 3 is 0.761 bits per heavy atom. The standard InChI is InChI=1S/C78H105NO9/c1-46-25-28-61(80)52(37-46)67(76(16,17)18)55-40-49(4)43-58(73(7,8)9)70(55)86-64(83)31-34-79(35-32-65(84)87-71-56(41-50(5)44-59(71)74(10,11)12)68(77(19,20)21)53-38-47(2)26-29-62(53)81)36-33-66(85)88-72-57(42-51(6)45-60(72)75(13,14)15)69(78(22,23)24)54-39-48(3)27-30-63(54)82/h25-30,37-45,67-69,80-82H,31-36H2,1-24H3. The molecule has 0 spiro atoms. The van der Waals surface area contributed by atoms with Gasteiger partial charge in [-0.15, -0.1) is 0 Å². The number of nitrogens with zero attached hydrogens (tertiary/aromatic N) is 1. The van der Waals surface area contributed by atoms with Crippen molar-refractivity contribution in [2.75, 3.05) is 19.6 Å². The Balaban J connectivity index is 1.42. The molecule has 3 unspecified atom stereocenters. The number of carbonyl (C=O) groups excluding carboxylic acids is 3. The molecule has 0 aliphatic rings. The van der Waals surface area contributed by atoms with Gasteiger partial charge >= 0.3 is 17.9 Å². The normalized spacial score (nSPS) is 13.7. The number of esters is 3. The minimum Gasteiger partial charge on any atom is -0.508 e. The molecule has 0 radical (unpaired) electrons. The zero-order chi connectivity index (χ0) is 66.1. The number of benzene rings is 6. The molecule has 6 aromatic rings. The minimum absolute atomic E-state index is 0.0933. The van der Waals surface area contributed by atoms with E-state index in [4.69, 9.17) is 14.2 Å². The van der Waals surface area contributed by atoms with Crippen molar-refractivity contribution in [1.29, 1.82) is 0 Å². The first-order valence-electron chi connectivity index (χ1n) is 31.5. The lowest BCUT2D eigenvalue weighted by molar-refractivity contribution is -0.135. The van der Waals surface area contributed by atoms with E-state index < -0.39 is 50.4 Å². The van der Waals surface area contributed by atoms with Gasteiger partial charge < -0.3 is 34.4 Å². The van der Waals surface area contributed by atoms with Gasteiger partial charge in [-0.25, -0.2) is 0 Å². The molecule has 0 aliphatic heterocycles. The molecule has 88 heavy (non-hydrogen) atoms. The summed E-state index contributed by atoms with van der Waals surface area (Å²) in [4.78, 5) is 46.4. The molecular weight excluding hydrogens is 1090 g/mol. The van der Waals surface area contributed by atoms with Crippen molar-refractivity contribution < 1.29 is 43.9 Å². The van der Waals surface area contributed by atoms with Gasteiger partial charge in [0, 0.05) is 87.5 Å². The van der Waals surface area contributed by atoms with Crippen LogP contribution < -0.4 is 14.2 Å². The number of hydrogen-bond acceptors (Lipinski definition) is 10. The third kappa shape index (κ3) is 17.3. The van der Waals surface area contributed by atoms with E-state index >= 15 is 0 Å². The monoisotopic (exact) mass is 1200 g/mol. The maximum atomic E-state index is 14.8. The summed E-state index contributed by atoms with van der Waals surface area (Å²) in [6.45, 7) is 50.5. The van der Waals surface area contributed by atoms with Crippen LogP contribution in [0, 0.1) is 57.8 Å². The van der Waals surface area contributed by atoms with Crippen LogP contribution >= 0.6 is 0 Å². The van der Waals surface area contributed by atoms with Crippen LogP contribution in [-0.2, 0) is 30.6 Å². The molecule has 0 amide bonds. The predicted octanol–water partition coefficient (Wildman–Crippen LogP) is 18.7. The van der Waals surface area contributed by atoms with Crippen LogP contribution in [0.3, 0.4) is 0 Å². The third-order valence-corrected chi connectivity index (χ3v) is 16.8. The van der Waals surface area contributed by atoms with E-state index in [2.05, 4.69) is 161 Å². The van der Waals surface area contributed by atoms with Gasteiger partial charge in [0.2, 0.25) is 0 Å². The van der Waals surface area contributed by atoms with Crippen molar-refractivity contribution in [3.63, 3.8) is 0 Å². The van der Waals surface area contributed by atoms with Gasteiger partial charge in [0.05, 0.1) is 19.3 Å². The van der Waals surface area contributed by atoms with Gasteiger partial charge in [-0.05, 0) is 92.2 Å². The Hall–Kier alpha value is -6.91. The smallest absolute Gasteiger partial charge is 0.312 e. The second-order valence-corrected chi connectivity index (χ2v) is 31.5. The van der Waals surface area contributed by atoms with E-state index in [9.17, 15) is 29.7 Å². The van der Waals surface area contributed by atoms with Crippen LogP contribution in [0.4, 0.5) is 0 Å². The van der Waals surface area contributed by atoms with E-state index in [0.717, 1.165) is 83.5 Å². The van der Waals surface area contributed by atoms with Crippen molar-refractivity contribution >= 4 is 17.9 Å². The fraction of sp³-hybridized carbons (Fsp3) is 0.500. The summed E-state index contributed by atoms with van der Waals surface area (Å²) < 4.78 is 20.0. The van der Waals surface area contributed by atoms with Crippen molar-refractivity contribution in [3.8, 4) is 34.5 Å². The zero-order valence-corrected chi connectivity index (χ0v) is 57.9. The molecule has 476 valence electrons. The summed E-state index contributed by atoms with van der Waals surface area (Å²) in [5.41, 5.74) is 10.5. The second-order valence-electron chi connectivity index (χ2n) is 31.5. The number of aromatic hydroxyl groups is 3. The van der Waals surface area contributed by atoms with E-state index in [1.807, 2.05) is 82.8 Å². The van der Waals surface area contributed by atoms with Gasteiger partial charge in [-0.3, -0.25) is 14.4 Å². The average molecular weight is 1200 g/mol. The fourth-order valence-corrected chi connectivity index (χ4v) is 12.7. The van der Waals surface area contributed by atoms with Crippen LogP contribution in [0.1, 0.15) is 245 Å². The molecule has 0 aliphatic carbocycles. The quantitative estimate of drug-likeness (QED) is 0.0562. The minimum atomic E-state index is -0.495. The van der Waals surface area contributed by atoms with Gasteiger partial charge in [0.15, 0.2) is 0 Å². The van der Waals surface area contributed by atoms with Gasteiger partial charge in [0.1, 0.15) is 34.5 Å². The predicted molar refractivity (Wildman–Crippen MR) is 359 cm³/mol. The highest BCUT2D eigenvalue weighted by atomic mass is 16.5. The van der Waals surface area contributed by atoms with Crippen LogP contribution in [0.15, 0.2) is 91.0 Å². The summed E-state index contributed by atoms with van der Waals surface area (Å²) in [7, 11) is 0. The average Bonchev–Trinajstić information content (AvgIpc) is 1.19. The molecule has 0 aromatic heterocycles. The van der Waals surface area contributed by atoms with E-state index in [1.54, 1.807) is 18.2 Å². The summed E-state index contributed by atoms with van der Waals surface area (Å²) >= 11 is 0. The molecule has 0 saturated heterocycles. The lowest BCUT2D eigenvalue weighted by atomic mass is 9.70. The van der Waals surface area contributed by atoms with Gasteiger partial charge in [-0.1, -0.05) is 231 Å². The first-order valence-corrected chi connectivity index (χ1v) is 31.5. The van der Waals surface area contributed by atoms with E-state index in [0.29, 0.717) is 17.2 Å². The molecule has 3 N–H and O–H groups in total. The molecule has 0 heterocycles. The molecule has 0 bridgehead atoms. The molecule has 6 aromatic carbocycles. The number of rotatable bonds is 18. The zero-order valence-electron chi connectivity index (χ0n) is 57.9. The molecule has 3 atom stereocenters. The first kappa shape index (κ1) is 70.2. The van der Waals surface area contributed by atoms with Gasteiger partial charge in [0.25, 0.3) is 0 Å². The number of phenols is 3. The fourth-order valence-electron chi connectivity index (χ4n) is 12.7. The van der Waals surface area contributed by atoms with Crippen LogP contribution in [0.2, 0.25) is 0 Å². The highest BCUT2D eigenvalue weighted by Crippen LogP contribution is 2.53. The molecule has 10 heteroatoms. The van der Waals surface area contributed by atoms with Crippen molar-refractivity contribution in [2.45, 2.75) is 219 Å². The third-order valence-electron chi connectivity index (χ3n) is 16.8. The topological polar surface area (TPSA) is 143 Å². The van der Waals surface area contributed by atoms with Crippen LogP contribution in [-0.4, -0.2) is 57.8 Å². The lowest BCUT2D eigenvalue weighted by Gasteiger charge is -2.35. The maximum absolute atomic E-state index is 14.8. The lowest BCUT2D eigenvalue weighted by Crippen LogP contribution is -2.33. The van der Waals surface area contributed by atoms with E-state index in [1.165, 1.54) is 0 Å². The Morgan fingerprint density at radius 1 is 0.341 bits per heavy atom. The SMILES string of the molecule is Cc1ccc(O)c(C(c2cc(C)cc(C(C)(C)C)c2OC(=O)CCN(CCC(=O)Oc2c(C(c3cc(C)ccc3O)C(C)(C)C)cc(C)cc2C(C)(C)C)CCC(=O)Oc2c(C(c3cc(C)ccc3O)C(C)(C)C)cc(C)cc2C(C)(C)C)C(C)(C)C)c1. The molecule has 0 saturated carbocycles. The maximum Gasteiger partial charge on any atom is 0.312 e. The van der Waals surface area contributed by atoms with Crippen LogP contribution in [0.25, 0.3) is 0 Å². The largest absolute Gasteiger partial charge is 0.508 e. The van der Waals surface area contributed by atoms with Crippen LogP contribution in [0.5, 0.6) is 34.5 Å². The molecule has 6 rings (SSSR count). The molecule has 10 nitrogen and oxygen atoms in total. The highest BCUT2D eigenvalue weighted by molar-refractivity contribution is 5.77. The number of carbonyl (C=O) groups is 3. The summed E-state index contributed by atoms with van der Waals surface area (Å²) in [6, 6.07) is 29.3. The van der Waals surface area contributed by atoms with Crippen molar-refractivity contribution in [1.82, 2.24) is 4.90 Å². The Morgan fingerprint density at radius 2 is 0.557 bits per heavy atom. The Kier molecular flexibility index (Phi) is 21.3. The second kappa shape index (κ2) is 26.7. The van der Waals surface area contributed by atoms with E-state index in [-0.39, 0.29) is 73.9 Å². The van der Waals surface area contributed by atoms with Crippen molar-refractivity contribution in [2.24, 2.45) is 16.2 Å². The highest BCUT2D eigenvalue weighted by Gasteiger charge is 2.40. The number of aryl methyl sites for hydroxylation is 6. The molecular formula is C78H105NO9.